The summed E-state index contributed by atoms with van der Waals surface area (Å²) in [4.78, 5) is 10.8. The Balaban J connectivity index is 3.08. The van der Waals surface area contributed by atoms with Gasteiger partial charge in [-0.05, 0) is 19.1 Å². The second kappa shape index (κ2) is 6.76. The van der Waals surface area contributed by atoms with Crippen molar-refractivity contribution in [3.05, 3.63) is 29.8 Å². The van der Waals surface area contributed by atoms with Crippen molar-refractivity contribution in [1.29, 1.82) is 0 Å². The molecule has 0 aromatic heterocycles. The van der Waals surface area contributed by atoms with E-state index in [4.69, 9.17) is 0 Å². The highest BCUT2D eigenvalue weighted by atomic mass is 32.2. The van der Waals surface area contributed by atoms with Crippen LogP contribution in [0.1, 0.15) is 13.8 Å². The van der Waals surface area contributed by atoms with Crippen molar-refractivity contribution in [2.75, 3.05) is 19.7 Å². The van der Waals surface area contributed by atoms with Crippen LogP contribution in [-0.4, -0.2) is 38.4 Å². The molecule has 0 amide bonds. The summed E-state index contributed by atoms with van der Waals surface area (Å²) in [5.74, 6) is -2.73. The number of nitrogens with zero attached hydrogens (tertiary/aromatic N) is 1. The van der Waals surface area contributed by atoms with Crippen molar-refractivity contribution in [2.24, 2.45) is 0 Å². The minimum atomic E-state index is -4.16. The largest absolute Gasteiger partial charge is 0.465 e. The van der Waals surface area contributed by atoms with Crippen LogP contribution in [0.15, 0.2) is 23.1 Å². The molecule has 0 atom stereocenters. The molecule has 1 rings (SSSR count). The summed E-state index contributed by atoms with van der Waals surface area (Å²) < 4.78 is 56.0. The first-order valence-corrected chi connectivity index (χ1v) is 7.37. The monoisotopic (exact) mass is 307 g/mol. The first-order chi connectivity index (χ1) is 9.31. The predicted molar refractivity (Wildman–Crippen MR) is 67.4 cm³/mol. The van der Waals surface area contributed by atoms with E-state index in [1.165, 1.54) is 6.92 Å². The number of carbonyl (C=O) groups excluding carboxylic acids is 1. The second-order valence-electron chi connectivity index (χ2n) is 3.84. The lowest BCUT2D eigenvalue weighted by molar-refractivity contribution is -0.143. The van der Waals surface area contributed by atoms with E-state index in [2.05, 4.69) is 4.74 Å². The Bertz CT molecular complexity index is 569. The molecule has 0 aliphatic heterocycles. The first-order valence-electron chi connectivity index (χ1n) is 5.93. The van der Waals surface area contributed by atoms with Gasteiger partial charge in [0.2, 0.25) is 10.0 Å². The summed E-state index contributed by atoms with van der Waals surface area (Å²) in [5, 5.41) is 0. The number of ether oxygens (including phenoxy) is 1. The Morgan fingerprint density at radius 3 is 2.20 bits per heavy atom. The highest BCUT2D eigenvalue weighted by Crippen LogP contribution is 2.18. The number of hydrogen-bond acceptors (Lipinski definition) is 4. The molecule has 0 heterocycles. The van der Waals surface area contributed by atoms with Gasteiger partial charge in [0.15, 0.2) is 0 Å². The molecule has 0 aliphatic rings. The average molecular weight is 307 g/mol. The minimum absolute atomic E-state index is 0.0285. The molecule has 0 aliphatic carbocycles. The Kier molecular flexibility index (Phi) is 5.58. The topological polar surface area (TPSA) is 63.7 Å². The molecule has 0 radical (unpaired) electrons. The zero-order valence-corrected chi connectivity index (χ0v) is 11.9. The summed E-state index contributed by atoms with van der Waals surface area (Å²) in [5.41, 5.74) is 0. The number of esters is 1. The van der Waals surface area contributed by atoms with E-state index < -0.39 is 39.1 Å². The molecule has 0 spiro atoms. The standard InChI is InChI=1S/C12H15F2NO4S/c1-3-15(8-12(16)19-4-2)20(17,18)11-6-9(13)5-10(14)7-11/h5-7H,3-4,8H2,1-2H3. The molecular weight excluding hydrogens is 292 g/mol. The third kappa shape index (κ3) is 3.97. The van der Waals surface area contributed by atoms with Gasteiger partial charge in [-0.1, -0.05) is 6.92 Å². The van der Waals surface area contributed by atoms with Gasteiger partial charge in [0.05, 0.1) is 11.5 Å². The Labute approximate surface area is 116 Å². The van der Waals surface area contributed by atoms with Gasteiger partial charge in [-0.2, -0.15) is 4.31 Å². The van der Waals surface area contributed by atoms with Crippen LogP contribution in [0.3, 0.4) is 0 Å². The van der Waals surface area contributed by atoms with Crippen LogP contribution in [0.4, 0.5) is 8.78 Å². The Morgan fingerprint density at radius 2 is 1.75 bits per heavy atom. The van der Waals surface area contributed by atoms with Gasteiger partial charge >= 0.3 is 5.97 Å². The van der Waals surface area contributed by atoms with Crippen LogP contribution in [0.2, 0.25) is 0 Å². The number of carbonyl (C=O) groups is 1. The molecular formula is C12H15F2NO4S. The van der Waals surface area contributed by atoms with Crippen LogP contribution in [-0.2, 0) is 19.6 Å². The predicted octanol–water partition coefficient (Wildman–Crippen LogP) is 1.54. The van der Waals surface area contributed by atoms with E-state index in [0.29, 0.717) is 18.2 Å². The SMILES string of the molecule is CCOC(=O)CN(CC)S(=O)(=O)c1cc(F)cc(F)c1. The fourth-order valence-corrected chi connectivity index (χ4v) is 2.98. The first kappa shape index (κ1) is 16.5. The van der Waals surface area contributed by atoms with Crippen LogP contribution in [0.25, 0.3) is 0 Å². The Morgan fingerprint density at radius 1 is 1.20 bits per heavy atom. The van der Waals surface area contributed by atoms with E-state index in [1.807, 2.05) is 0 Å². The number of hydrogen-bond donors (Lipinski definition) is 0. The van der Waals surface area contributed by atoms with Crippen molar-refractivity contribution < 1.29 is 26.7 Å². The molecule has 8 heteroatoms. The van der Waals surface area contributed by atoms with Crippen LogP contribution in [0.5, 0.6) is 0 Å². The zero-order chi connectivity index (χ0) is 15.3. The number of sulfonamides is 1. The lowest BCUT2D eigenvalue weighted by Crippen LogP contribution is -2.36. The van der Waals surface area contributed by atoms with E-state index in [-0.39, 0.29) is 13.2 Å². The zero-order valence-electron chi connectivity index (χ0n) is 11.1. The highest BCUT2D eigenvalue weighted by Gasteiger charge is 2.26. The third-order valence-electron chi connectivity index (χ3n) is 2.44. The summed E-state index contributed by atoms with van der Waals surface area (Å²) in [6, 6.07) is 1.97. The normalized spacial score (nSPS) is 11.7. The maximum atomic E-state index is 13.1. The molecule has 0 bridgehead atoms. The van der Waals surface area contributed by atoms with Crippen LogP contribution in [0, 0.1) is 11.6 Å². The molecule has 5 nitrogen and oxygen atoms in total. The molecule has 0 unspecified atom stereocenters. The lowest BCUT2D eigenvalue weighted by Gasteiger charge is -2.19. The van der Waals surface area contributed by atoms with Gasteiger partial charge < -0.3 is 4.74 Å². The van der Waals surface area contributed by atoms with Gasteiger partial charge in [0.25, 0.3) is 0 Å². The maximum Gasteiger partial charge on any atom is 0.321 e. The molecule has 1 aromatic rings. The molecule has 0 saturated heterocycles. The van der Waals surface area contributed by atoms with Gasteiger partial charge in [-0.3, -0.25) is 4.79 Å². The molecule has 1 aromatic carbocycles. The van der Waals surface area contributed by atoms with Gasteiger partial charge in [0.1, 0.15) is 18.2 Å². The van der Waals surface area contributed by atoms with Crippen molar-refractivity contribution in [3.8, 4) is 0 Å². The summed E-state index contributed by atoms with van der Waals surface area (Å²) in [6.07, 6.45) is 0. The molecule has 0 saturated carbocycles. The number of benzene rings is 1. The average Bonchev–Trinajstić information content (AvgIpc) is 2.34. The highest BCUT2D eigenvalue weighted by molar-refractivity contribution is 7.89. The van der Waals surface area contributed by atoms with E-state index in [9.17, 15) is 22.0 Å². The van der Waals surface area contributed by atoms with Crippen molar-refractivity contribution in [1.82, 2.24) is 4.31 Å². The number of halogens is 2. The fourth-order valence-electron chi connectivity index (χ4n) is 1.54. The van der Waals surface area contributed by atoms with Gasteiger partial charge in [-0.25, -0.2) is 17.2 Å². The third-order valence-corrected chi connectivity index (χ3v) is 4.34. The molecule has 112 valence electrons. The van der Waals surface area contributed by atoms with Crippen LogP contribution >= 0.6 is 0 Å². The number of likely N-dealkylation sites (N-methyl/N-ethyl adjacent to an activating group) is 1. The van der Waals surface area contributed by atoms with E-state index in [1.54, 1.807) is 6.92 Å². The minimum Gasteiger partial charge on any atom is -0.465 e. The Hall–Kier alpha value is -1.54. The molecule has 0 N–H and O–H groups in total. The number of rotatable bonds is 6. The van der Waals surface area contributed by atoms with E-state index in [0.717, 1.165) is 4.31 Å². The summed E-state index contributed by atoms with van der Waals surface area (Å²) in [6.45, 7) is 2.67. The van der Waals surface area contributed by atoms with Crippen LogP contribution < -0.4 is 0 Å². The van der Waals surface area contributed by atoms with Crippen molar-refractivity contribution >= 4 is 16.0 Å². The van der Waals surface area contributed by atoms with Crippen molar-refractivity contribution in [3.63, 3.8) is 0 Å². The molecule has 0 fully saturated rings. The van der Waals surface area contributed by atoms with Gasteiger partial charge in [0, 0.05) is 12.6 Å². The lowest BCUT2D eigenvalue weighted by atomic mass is 10.3. The van der Waals surface area contributed by atoms with Crippen molar-refractivity contribution in [2.45, 2.75) is 18.7 Å². The second-order valence-corrected chi connectivity index (χ2v) is 5.78. The summed E-state index contributed by atoms with van der Waals surface area (Å²) >= 11 is 0. The van der Waals surface area contributed by atoms with E-state index >= 15 is 0 Å². The summed E-state index contributed by atoms with van der Waals surface area (Å²) in [7, 11) is -4.16. The van der Waals surface area contributed by atoms with Gasteiger partial charge in [-0.15, -0.1) is 0 Å². The quantitative estimate of drug-likeness (QED) is 0.748. The maximum absolute atomic E-state index is 13.1. The fraction of sp³-hybridized carbons (Fsp3) is 0.417. The molecule has 20 heavy (non-hydrogen) atoms. The smallest absolute Gasteiger partial charge is 0.321 e.